The minimum atomic E-state index is 0.164. The van der Waals surface area contributed by atoms with Crippen LogP contribution in [-0.2, 0) is 16.1 Å². The van der Waals surface area contributed by atoms with Gasteiger partial charge in [-0.1, -0.05) is 0 Å². The normalized spacial score (nSPS) is 9.29. The van der Waals surface area contributed by atoms with Crippen LogP contribution in [0.5, 0.6) is 11.5 Å². The highest BCUT2D eigenvalue weighted by Gasteiger charge is 2.01. The lowest BCUT2D eigenvalue weighted by Gasteiger charge is -2.07. The standard InChI is InChI=1S/C10H11O4/c1-12-9-3-8(6-14-7-11)4-10(5-9)13-2/h3-5H,6H2,1-2H3. The molecule has 0 N–H and O–H groups in total. The topological polar surface area (TPSA) is 44.8 Å². The van der Waals surface area contributed by atoms with Gasteiger partial charge in [-0.15, -0.1) is 0 Å². The average molecular weight is 195 g/mol. The van der Waals surface area contributed by atoms with Crippen LogP contribution in [0.4, 0.5) is 0 Å². The van der Waals surface area contributed by atoms with Crippen molar-refractivity contribution in [2.24, 2.45) is 0 Å². The predicted molar refractivity (Wildman–Crippen MR) is 50.0 cm³/mol. The number of hydrogen-bond acceptors (Lipinski definition) is 4. The molecule has 4 nitrogen and oxygen atoms in total. The number of ether oxygens (including phenoxy) is 3. The fraction of sp³-hybridized carbons (Fsp3) is 0.300. The van der Waals surface area contributed by atoms with E-state index < -0.39 is 0 Å². The number of benzene rings is 1. The van der Waals surface area contributed by atoms with Gasteiger partial charge in [-0.3, -0.25) is 0 Å². The summed E-state index contributed by atoms with van der Waals surface area (Å²) in [6, 6.07) is 5.27. The minimum absolute atomic E-state index is 0.164. The van der Waals surface area contributed by atoms with Crippen molar-refractivity contribution in [2.45, 2.75) is 6.61 Å². The summed E-state index contributed by atoms with van der Waals surface area (Å²) in [6.45, 7) is 1.52. The van der Waals surface area contributed by atoms with Crippen LogP contribution in [0.15, 0.2) is 18.2 Å². The number of hydrogen-bond donors (Lipinski definition) is 0. The quantitative estimate of drug-likeness (QED) is 0.710. The summed E-state index contributed by atoms with van der Waals surface area (Å²) in [5, 5.41) is 0. The zero-order valence-electron chi connectivity index (χ0n) is 8.07. The Bertz CT molecular complexity index is 287. The molecule has 0 saturated heterocycles. The molecular formula is C10H11O4. The van der Waals surface area contributed by atoms with E-state index in [1.807, 2.05) is 0 Å². The Kier molecular flexibility index (Phi) is 3.79. The second-order valence-corrected chi connectivity index (χ2v) is 2.59. The second-order valence-electron chi connectivity index (χ2n) is 2.59. The molecule has 0 atom stereocenters. The molecule has 1 radical (unpaired) electrons. The summed E-state index contributed by atoms with van der Waals surface area (Å²) in [4.78, 5) is 9.88. The first-order chi connectivity index (χ1) is 6.80. The van der Waals surface area contributed by atoms with E-state index in [0.717, 1.165) is 5.56 Å². The average Bonchev–Trinajstić information content (AvgIpc) is 2.25. The third kappa shape index (κ3) is 2.65. The Labute approximate surface area is 82.4 Å². The van der Waals surface area contributed by atoms with Crippen molar-refractivity contribution < 1.29 is 19.0 Å². The molecule has 1 rings (SSSR count). The monoisotopic (exact) mass is 195 g/mol. The molecule has 0 aromatic heterocycles. The van der Waals surface area contributed by atoms with Crippen molar-refractivity contribution in [1.29, 1.82) is 0 Å². The van der Waals surface area contributed by atoms with Gasteiger partial charge in [-0.2, -0.15) is 0 Å². The van der Waals surface area contributed by atoms with Gasteiger partial charge in [-0.25, -0.2) is 4.79 Å². The maximum absolute atomic E-state index is 9.88. The molecule has 14 heavy (non-hydrogen) atoms. The maximum atomic E-state index is 9.88. The molecule has 0 aliphatic rings. The van der Waals surface area contributed by atoms with E-state index in [9.17, 15) is 4.79 Å². The van der Waals surface area contributed by atoms with Crippen molar-refractivity contribution in [2.75, 3.05) is 14.2 Å². The van der Waals surface area contributed by atoms with Crippen molar-refractivity contribution in [1.82, 2.24) is 0 Å². The van der Waals surface area contributed by atoms with E-state index in [2.05, 4.69) is 4.74 Å². The first-order valence-corrected chi connectivity index (χ1v) is 4.01. The molecule has 0 saturated carbocycles. The summed E-state index contributed by atoms with van der Waals surface area (Å²) < 4.78 is 14.6. The third-order valence-electron chi connectivity index (χ3n) is 1.71. The molecular weight excluding hydrogens is 184 g/mol. The zero-order chi connectivity index (χ0) is 10.4. The van der Waals surface area contributed by atoms with Crippen LogP contribution in [-0.4, -0.2) is 20.7 Å². The summed E-state index contributed by atoms with van der Waals surface area (Å²) in [5.41, 5.74) is 0.796. The van der Waals surface area contributed by atoms with Gasteiger partial charge in [0.1, 0.15) is 18.1 Å². The second kappa shape index (κ2) is 5.11. The van der Waals surface area contributed by atoms with Crippen LogP contribution in [0.1, 0.15) is 5.56 Å². The van der Waals surface area contributed by atoms with E-state index in [1.165, 1.54) is 6.47 Å². The lowest BCUT2D eigenvalue weighted by Crippen LogP contribution is -1.93. The Morgan fingerprint density at radius 3 is 2.14 bits per heavy atom. The molecule has 0 unspecified atom stereocenters. The van der Waals surface area contributed by atoms with Gasteiger partial charge < -0.3 is 14.2 Å². The molecule has 1 aromatic rings. The molecule has 0 aliphatic heterocycles. The molecule has 0 fully saturated rings. The van der Waals surface area contributed by atoms with Crippen LogP contribution in [0.2, 0.25) is 0 Å². The van der Waals surface area contributed by atoms with Crippen LogP contribution in [0.3, 0.4) is 0 Å². The number of carbonyl (C=O) groups excluding carboxylic acids is 1. The molecule has 75 valence electrons. The highest BCUT2D eigenvalue weighted by molar-refractivity contribution is 5.41. The van der Waals surface area contributed by atoms with Gasteiger partial charge in [0.05, 0.1) is 14.2 Å². The van der Waals surface area contributed by atoms with Gasteiger partial charge >= 0.3 is 6.47 Å². The third-order valence-corrected chi connectivity index (χ3v) is 1.71. The fourth-order valence-electron chi connectivity index (χ4n) is 1.06. The molecule has 1 aromatic carbocycles. The van der Waals surface area contributed by atoms with Gasteiger partial charge in [0.15, 0.2) is 0 Å². The SMILES string of the molecule is COc1cc(CO[C]=O)cc(OC)c1. The molecule has 0 bridgehead atoms. The Morgan fingerprint density at radius 1 is 1.14 bits per heavy atom. The highest BCUT2D eigenvalue weighted by atomic mass is 16.5. The van der Waals surface area contributed by atoms with Gasteiger partial charge in [-0.05, 0) is 17.7 Å². The van der Waals surface area contributed by atoms with Crippen LogP contribution in [0.25, 0.3) is 0 Å². The summed E-state index contributed by atoms with van der Waals surface area (Å²) >= 11 is 0. The maximum Gasteiger partial charge on any atom is 0.417 e. The summed E-state index contributed by atoms with van der Waals surface area (Å²) in [5.74, 6) is 1.32. The van der Waals surface area contributed by atoms with E-state index >= 15 is 0 Å². The lowest BCUT2D eigenvalue weighted by atomic mass is 10.2. The van der Waals surface area contributed by atoms with Crippen molar-refractivity contribution in [3.05, 3.63) is 23.8 Å². The zero-order valence-corrected chi connectivity index (χ0v) is 8.07. The lowest BCUT2D eigenvalue weighted by molar-refractivity contribution is 0.265. The number of methoxy groups -OCH3 is 2. The Hall–Kier alpha value is -1.71. The van der Waals surface area contributed by atoms with Crippen molar-refractivity contribution in [3.63, 3.8) is 0 Å². The van der Waals surface area contributed by atoms with Crippen molar-refractivity contribution in [3.8, 4) is 11.5 Å². The van der Waals surface area contributed by atoms with E-state index in [1.54, 1.807) is 32.4 Å². The predicted octanol–water partition coefficient (Wildman–Crippen LogP) is 1.29. The minimum Gasteiger partial charge on any atom is -0.497 e. The van der Waals surface area contributed by atoms with E-state index in [0.29, 0.717) is 11.5 Å². The highest BCUT2D eigenvalue weighted by Crippen LogP contribution is 2.22. The summed E-state index contributed by atoms with van der Waals surface area (Å²) in [7, 11) is 3.12. The molecule has 0 amide bonds. The van der Waals surface area contributed by atoms with Crippen molar-refractivity contribution >= 4 is 6.47 Å². The van der Waals surface area contributed by atoms with Gasteiger partial charge in [0.2, 0.25) is 0 Å². The van der Waals surface area contributed by atoms with E-state index in [-0.39, 0.29) is 6.61 Å². The molecule has 4 heteroatoms. The van der Waals surface area contributed by atoms with Gasteiger partial charge in [0, 0.05) is 6.07 Å². The van der Waals surface area contributed by atoms with Gasteiger partial charge in [0.25, 0.3) is 0 Å². The fourth-order valence-corrected chi connectivity index (χ4v) is 1.06. The Morgan fingerprint density at radius 2 is 1.71 bits per heavy atom. The molecule has 0 heterocycles. The smallest absolute Gasteiger partial charge is 0.417 e. The van der Waals surface area contributed by atoms with Crippen LogP contribution < -0.4 is 9.47 Å². The first kappa shape index (κ1) is 10.4. The van der Waals surface area contributed by atoms with Crippen LogP contribution in [0, 0.1) is 0 Å². The molecule has 0 aliphatic carbocycles. The Balaban J connectivity index is 2.86. The summed E-state index contributed by atoms with van der Waals surface area (Å²) in [6.07, 6.45) is 0. The van der Waals surface area contributed by atoms with Crippen LogP contribution >= 0.6 is 0 Å². The molecule has 0 spiro atoms. The largest absolute Gasteiger partial charge is 0.497 e. The van der Waals surface area contributed by atoms with E-state index in [4.69, 9.17) is 9.47 Å². The first-order valence-electron chi connectivity index (χ1n) is 4.01. The number of rotatable bonds is 5.